The third-order valence-electron chi connectivity index (χ3n) is 5.63. The lowest BCUT2D eigenvalue weighted by molar-refractivity contribution is -0.121. The fraction of sp³-hybridized carbons (Fsp3) is 0.200. The number of nitrogens with one attached hydrogen (secondary N) is 1. The monoisotopic (exact) mass is 459 g/mol. The van der Waals surface area contributed by atoms with Crippen molar-refractivity contribution >= 4 is 39.8 Å². The summed E-state index contributed by atoms with van der Waals surface area (Å²) in [5, 5.41) is 7.29. The van der Waals surface area contributed by atoms with Gasteiger partial charge in [0, 0.05) is 34.9 Å². The van der Waals surface area contributed by atoms with E-state index in [1.807, 2.05) is 48.7 Å². The Bertz CT molecular complexity index is 1340. The molecular weight excluding hydrogens is 438 g/mol. The number of carbonyl (C=O) groups is 3. The predicted molar refractivity (Wildman–Crippen MR) is 125 cm³/mol. The van der Waals surface area contributed by atoms with Crippen LogP contribution in [0.3, 0.4) is 0 Å². The summed E-state index contributed by atoms with van der Waals surface area (Å²) in [5.74, 6) is 0.503. The molecule has 0 atom stereocenters. The maximum absolute atomic E-state index is 12.9. The van der Waals surface area contributed by atoms with Crippen LogP contribution >= 0.6 is 11.3 Å². The third kappa shape index (κ3) is 4.05. The van der Waals surface area contributed by atoms with Crippen LogP contribution in [0, 0.1) is 6.92 Å². The van der Waals surface area contributed by atoms with Crippen molar-refractivity contribution < 1.29 is 18.8 Å². The van der Waals surface area contributed by atoms with Gasteiger partial charge in [-0.05, 0) is 43.0 Å². The number of thiazole rings is 1. The van der Waals surface area contributed by atoms with E-state index in [4.69, 9.17) is 4.42 Å². The summed E-state index contributed by atoms with van der Waals surface area (Å²) in [7, 11) is 0. The van der Waals surface area contributed by atoms with Crippen molar-refractivity contribution in [1.82, 2.24) is 15.2 Å². The van der Waals surface area contributed by atoms with E-state index in [1.165, 1.54) is 4.90 Å². The van der Waals surface area contributed by atoms with E-state index in [-0.39, 0.29) is 37.2 Å². The molecule has 33 heavy (non-hydrogen) atoms. The van der Waals surface area contributed by atoms with Crippen molar-refractivity contribution in [3.05, 3.63) is 75.8 Å². The van der Waals surface area contributed by atoms with E-state index >= 15 is 0 Å². The van der Waals surface area contributed by atoms with Crippen molar-refractivity contribution in [3.63, 3.8) is 0 Å². The largest absolute Gasteiger partial charge is 0.458 e. The summed E-state index contributed by atoms with van der Waals surface area (Å²) in [5.41, 5.74) is 1.83. The van der Waals surface area contributed by atoms with Gasteiger partial charge in [-0.25, -0.2) is 4.98 Å². The highest BCUT2D eigenvalue weighted by atomic mass is 32.1. The highest BCUT2D eigenvalue weighted by molar-refractivity contribution is 7.09. The molecule has 0 saturated carbocycles. The smallest absolute Gasteiger partial charge is 0.261 e. The normalized spacial score (nSPS) is 13.1. The third-order valence-corrected chi connectivity index (χ3v) is 6.41. The van der Waals surface area contributed by atoms with Crippen molar-refractivity contribution in [2.75, 3.05) is 6.54 Å². The molecule has 0 radical (unpaired) electrons. The van der Waals surface area contributed by atoms with Crippen molar-refractivity contribution in [2.24, 2.45) is 0 Å². The van der Waals surface area contributed by atoms with Crippen LogP contribution in [0.1, 0.15) is 44.3 Å². The maximum atomic E-state index is 12.9. The number of furan rings is 1. The van der Waals surface area contributed by atoms with E-state index in [0.29, 0.717) is 34.5 Å². The zero-order valence-corrected chi connectivity index (χ0v) is 18.8. The molecule has 3 heterocycles. The van der Waals surface area contributed by atoms with Crippen LogP contribution in [0.2, 0.25) is 0 Å². The van der Waals surface area contributed by atoms with E-state index in [0.717, 1.165) is 16.1 Å². The molecule has 0 spiro atoms. The molecule has 1 aliphatic rings. The first-order chi connectivity index (χ1) is 16.0. The lowest BCUT2D eigenvalue weighted by atomic mass is 9.94. The van der Waals surface area contributed by atoms with Crippen LogP contribution in [0.25, 0.3) is 22.2 Å². The van der Waals surface area contributed by atoms with Gasteiger partial charge in [0.05, 0.1) is 11.6 Å². The Morgan fingerprint density at radius 1 is 1.06 bits per heavy atom. The van der Waals surface area contributed by atoms with Gasteiger partial charge in [-0.15, -0.1) is 11.3 Å². The number of aryl methyl sites for hydroxylation is 1. The number of nitrogens with zero attached hydrogens (tertiary/aromatic N) is 2. The van der Waals surface area contributed by atoms with Crippen molar-refractivity contribution in [1.29, 1.82) is 0 Å². The number of hydrogen-bond acceptors (Lipinski definition) is 6. The van der Waals surface area contributed by atoms with Crippen LogP contribution in [0.15, 0.2) is 58.3 Å². The number of aromatic nitrogens is 1. The van der Waals surface area contributed by atoms with Gasteiger partial charge in [0.1, 0.15) is 11.5 Å². The average molecular weight is 460 g/mol. The zero-order valence-electron chi connectivity index (χ0n) is 18.0. The second kappa shape index (κ2) is 8.63. The second-order valence-electron chi connectivity index (χ2n) is 7.87. The number of benzene rings is 2. The Labute approximate surface area is 194 Å². The molecule has 0 bridgehead atoms. The number of amides is 3. The van der Waals surface area contributed by atoms with Crippen LogP contribution in [-0.4, -0.2) is 34.2 Å². The van der Waals surface area contributed by atoms with Gasteiger partial charge in [-0.2, -0.15) is 0 Å². The highest BCUT2D eigenvalue weighted by Gasteiger charge is 2.32. The molecule has 0 unspecified atom stereocenters. The molecule has 3 amide bonds. The molecule has 1 aliphatic heterocycles. The highest BCUT2D eigenvalue weighted by Crippen LogP contribution is 2.30. The summed E-state index contributed by atoms with van der Waals surface area (Å²) < 4.78 is 5.75. The molecule has 0 fully saturated rings. The van der Waals surface area contributed by atoms with Crippen LogP contribution in [-0.2, 0) is 11.3 Å². The van der Waals surface area contributed by atoms with Gasteiger partial charge in [0.25, 0.3) is 11.8 Å². The Hall–Kier alpha value is -3.78. The molecule has 0 saturated heterocycles. The van der Waals surface area contributed by atoms with Crippen LogP contribution in [0.4, 0.5) is 0 Å². The summed E-state index contributed by atoms with van der Waals surface area (Å²) in [6.45, 7) is 2.38. The number of imide groups is 1. The number of hydrogen-bond donors (Lipinski definition) is 1. The molecular formula is C25H21N3O4S. The predicted octanol–water partition coefficient (Wildman–Crippen LogP) is 4.56. The molecule has 1 N–H and O–H groups in total. The first kappa shape index (κ1) is 21.1. The van der Waals surface area contributed by atoms with Crippen molar-refractivity contribution in [2.45, 2.75) is 26.3 Å². The minimum atomic E-state index is -0.315. The second-order valence-corrected chi connectivity index (χ2v) is 8.93. The Morgan fingerprint density at radius 3 is 2.45 bits per heavy atom. The summed E-state index contributed by atoms with van der Waals surface area (Å²) in [6, 6.07) is 14.5. The first-order valence-corrected chi connectivity index (χ1v) is 11.5. The van der Waals surface area contributed by atoms with Gasteiger partial charge in [0.2, 0.25) is 5.91 Å². The minimum absolute atomic E-state index is 0.170. The Kier molecular flexibility index (Phi) is 5.51. The molecule has 166 valence electrons. The van der Waals surface area contributed by atoms with Crippen LogP contribution < -0.4 is 5.32 Å². The van der Waals surface area contributed by atoms with Crippen LogP contribution in [0.5, 0.6) is 0 Å². The molecule has 2 aromatic heterocycles. The SMILES string of the molecule is Cc1nc(-c2ccc(CNC(=O)CCCN3C(=O)c4cccc5cccc(c45)C3=O)o2)cs1. The van der Waals surface area contributed by atoms with E-state index in [1.54, 1.807) is 23.5 Å². The minimum Gasteiger partial charge on any atom is -0.458 e. The topological polar surface area (TPSA) is 92.5 Å². The average Bonchev–Trinajstić information content (AvgIpc) is 3.47. The lowest BCUT2D eigenvalue weighted by Gasteiger charge is -2.27. The fourth-order valence-electron chi connectivity index (χ4n) is 4.04. The van der Waals surface area contributed by atoms with Gasteiger partial charge >= 0.3 is 0 Å². The molecule has 7 nitrogen and oxygen atoms in total. The molecule has 2 aromatic carbocycles. The summed E-state index contributed by atoms with van der Waals surface area (Å²) in [6.07, 6.45) is 0.574. The number of rotatable bonds is 7. The van der Waals surface area contributed by atoms with E-state index < -0.39 is 0 Å². The lowest BCUT2D eigenvalue weighted by Crippen LogP contribution is -2.41. The van der Waals surface area contributed by atoms with Gasteiger partial charge in [-0.3, -0.25) is 19.3 Å². The molecule has 4 aromatic rings. The Morgan fingerprint density at radius 2 is 1.79 bits per heavy atom. The Balaban J connectivity index is 1.16. The molecule has 0 aliphatic carbocycles. The van der Waals surface area contributed by atoms with Gasteiger partial charge in [-0.1, -0.05) is 24.3 Å². The summed E-state index contributed by atoms with van der Waals surface area (Å²) in [4.78, 5) is 43.7. The van der Waals surface area contributed by atoms with Crippen molar-refractivity contribution in [3.8, 4) is 11.5 Å². The standard InChI is InChI=1S/C25H21N3O4S/c1-15-27-20(14-33-15)21-11-10-17(32-21)13-26-22(29)9-4-12-28-24(30)18-7-2-5-16-6-3-8-19(23(16)18)25(28)31/h2-3,5-8,10-11,14H,4,9,12-13H2,1H3,(H,26,29). The van der Waals surface area contributed by atoms with Gasteiger partial charge in [0.15, 0.2) is 5.76 Å². The summed E-state index contributed by atoms with van der Waals surface area (Å²) >= 11 is 1.55. The van der Waals surface area contributed by atoms with E-state index in [9.17, 15) is 14.4 Å². The number of carbonyl (C=O) groups excluding carboxylic acids is 3. The first-order valence-electron chi connectivity index (χ1n) is 10.7. The van der Waals surface area contributed by atoms with Gasteiger partial charge < -0.3 is 9.73 Å². The molecule has 8 heteroatoms. The van der Waals surface area contributed by atoms with E-state index in [2.05, 4.69) is 10.3 Å². The fourth-order valence-corrected chi connectivity index (χ4v) is 4.64. The maximum Gasteiger partial charge on any atom is 0.261 e. The zero-order chi connectivity index (χ0) is 22.9. The molecule has 5 rings (SSSR count). The quantitative estimate of drug-likeness (QED) is 0.409.